The van der Waals surface area contributed by atoms with E-state index in [1.165, 1.54) is 12.1 Å². The van der Waals surface area contributed by atoms with E-state index in [-0.39, 0.29) is 18.2 Å². The minimum Gasteiger partial charge on any atom is -0.394 e. The van der Waals surface area contributed by atoms with Gasteiger partial charge < -0.3 is 10.4 Å². The van der Waals surface area contributed by atoms with Gasteiger partial charge in [-0.2, -0.15) is 0 Å². The highest BCUT2D eigenvalue weighted by molar-refractivity contribution is 9.10. The predicted molar refractivity (Wildman–Crippen MR) is 58.1 cm³/mol. The zero-order chi connectivity index (χ0) is 11.4. The third-order valence-corrected chi connectivity index (χ3v) is 2.23. The van der Waals surface area contributed by atoms with Crippen LogP contribution in [-0.4, -0.2) is 23.7 Å². The minimum absolute atomic E-state index is 0.151. The SMILES string of the molecule is C[C@@H](CO)NC(=O)c1cc(F)cc(Br)c1. The van der Waals surface area contributed by atoms with E-state index in [0.717, 1.165) is 6.07 Å². The highest BCUT2D eigenvalue weighted by atomic mass is 79.9. The van der Waals surface area contributed by atoms with Gasteiger partial charge in [0.1, 0.15) is 5.82 Å². The fourth-order valence-electron chi connectivity index (χ4n) is 1.04. The molecule has 1 rings (SSSR count). The van der Waals surface area contributed by atoms with Gasteiger partial charge in [-0.25, -0.2) is 4.39 Å². The van der Waals surface area contributed by atoms with Crippen LogP contribution in [-0.2, 0) is 0 Å². The fraction of sp³-hybridized carbons (Fsp3) is 0.300. The molecule has 15 heavy (non-hydrogen) atoms. The first-order chi connectivity index (χ1) is 7.02. The number of hydrogen-bond acceptors (Lipinski definition) is 2. The van der Waals surface area contributed by atoms with Crippen molar-refractivity contribution in [3.63, 3.8) is 0 Å². The summed E-state index contributed by atoms with van der Waals surface area (Å²) in [5, 5.41) is 11.3. The molecule has 1 atom stereocenters. The van der Waals surface area contributed by atoms with Crippen molar-refractivity contribution in [2.24, 2.45) is 0 Å². The molecule has 0 aliphatic rings. The average Bonchev–Trinajstić information content (AvgIpc) is 2.16. The Morgan fingerprint density at radius 3 is 2.80 bits per heavy atom. The molecule has 3 nitrogen and oxygen atoms in total. The Morgan fingerprint density at radius 1 is 1.60 bits per heavy atom. The quantitative estimate of drug-likeness (QED) is 0.882. The molecule has 82 valence electrons. The van der Waals surface area contributed by atoms with E-state index in [9.17, 15) is 9.18 Å². The van der Waals surface area contributed by atoms with Crippen molar-refractivity contribution in [1.29, 1.82) is 0 Å². The number of aliphatic hydroxyl groups excluding tert-OH is 1. The minimum atomic E-state index is -0.480. The molecule has 1 aromatic rings. The Balaban J connectivity index is 2.82. The van der Waals surface area contributed by atoms with Gasteiger partial charge in [0.05, 0.1) is 6.61 Å². The summed E-state index contributed by atoms with van der Waals surface area (Å²) < 4.78 is 13.5. The Kier molecular flexibility index (Phi) is 4.23. The summed E-state index contributed by atoms with van der Waals surface area (Å²) in [6.45, 7) is 1.51. The molecular weight excluding hydrogens is 265 g/mol. The summed E-state index contributed by atoms with van der Waals surface area (Å²) >= 11 is 3.10. The van der Waals surface area contributed by atoms with Crippen LogP contribution in [0.15, 0.2) is 22.7 Å². The van der Waals surface area contributed by atoms with Crippen molar-refractivity contribution < 1.29 is 14.3 Å². The second kappa shape index (κ2) is 5.23. The maximum absolute atomic E-state index is 12.9. The fourth-order valence-corrected chi connectivity index (χ4v) is 1.50. The van der Waals surface area contributed by atoms with Gasteiger partial charge in [0.15, 0.2) is 0 Å². The van der Waals surface area contributed by atoms with E-state index in [2.05, 4.69) is 21.2 Å². The Bertz CT molecular complexity index is 350. The molecule has 0 bridgehead atoms. The summed E-state index contributed by atoms with van der Waals surface area (Å²) in [6, 6.07) is 3.58. The van der Waals surface area contributed by atoms with Crippen LogP contribution in [0.1, 0.15) is 17.3 Å². The van der Waals surface area contributed by atoms with E-state index in [0.29, 0.717) is 4.47 Å². The maximum Gasteiger partial charge on any atom is 0.251 e. The molecule has 0 aliphatic carbocycles. The van der Waals surface area contributed by atoms with Crippen LogP contribution in [0.25, 0.3) is 0 Å². The van der Waals surface area contributed by atoms with Crippen LogP contribution in [0.4, 0.5) is 4.39 Å². The zero-order valence-electron chi connectivity index (χ0n) is 8.13. The lowest BCUT2D eigenvalue weighted by molar-refractivity contribution is 0.0922. The molecule has 0 aromatic heterocycles. The van der Waals surface area contributed by atoms with Crippen LogP contribution in [0.5, 0.6) is 0 Å². The molecule has 1 aromatic carbocycles. The summed E-state index contributed by atoms with van der Waals surface area (Å²) in [5.74, 6) is -0.886. The van der Waals surface area contributed by atoms with Gasteiger partial charge in [-0.15, -0.1) is 0 Å². The third kappa shape index (κ3) is 3.60. The lowest BCUT2D eigenvalue weighted by Crippen LogP contribution is -2.35. The lowest BCUT2D eigenvalue weighted by Gasteiger charge is -2.10. The first kappa shape index (κ1) is 12.1. The van der Waals surface area contributed by atoms with Crippen LogP contribution in [0.2, 0.25) is 0 Å². The van der Waals surface area contributed by atoms with Crippen molar-refractivity contribution in [2.75, 3.05) is 6.61 Å². The van der Waals surface area contributed by atoms with Crippen molar-refractivity contribution >= 4 is 21.8 Å². The Labute approximate surface area is 95.4 Å². The van der Waals surface area contributed by atoms with Gasteiger partial charge in [0.25, 0.3) is 5.91 Å². The largest absolute Gasteiger partial charge is 0.394 e. The summed E-state index contributed by atoms with van der Waals surface area (Å²) in [5.41, 5.74) is 0.224. The van der Waals surface area contributed by atoms with E-state index >= 15 is 0 Å². The van der Waals surface area contributed by atoms with Crippen molar-refractivity contribution in [3.05, 3.63) is 34.1 Å². The molecule has 0 unspecified atom stereocenters. The molecule has 0 fully saturated rings. The zero-order valence-corrected chi connectivity index (χ0v) is 9.71. The smallest absolute Gasteiger partial charge is 0.251 e. The molecule has 0 saturated carbocycles. The first-order valence-electron chi connectivity index (χ1n) is 4.40. The normalized spacial score (nSPS) is 12.3. The number of nitrogens with one attached hydrogen (secondary N) is 1. The van der Waals surface area contributed by atoms with Crippen LogP contribution < -0.4 is 5.32 Å². The second-order valence-electron chi connectivity index (χ2n) is 3.22. The van der Waals surface area contributed by atoms with Gasteiger partial charge >= 0.3 is 0 Å². The molecule has 0 spiro atoms. The van der Waals surface area contributed by atoms with Gasteiger partial charge in [0.2, 0.25) is 0 Å². The summed E-state index contributed by atoms with van der Waals surface area (Å²) in [7, 11) is 0. The van der Waals surface area contributed by atoms with Gasteiger partial charge in [-0.1, -0.05) is 15.9 Å². The average molecular weight is 276 g/mol. The highest BCUT2D eigenvalue weighted by Gasteiger charge is 2.10. The molecule has 0 heterocycles. The second-order valence-corrected chi connectivity index (χ2v) is 4.13. The number of carbonyl (C=O) groups is 1. The molecular formula is C10H11BrFNO2. The number of carbonyl (C=O) groups excluding carboxylic acids is 1. The van der Waals surface area contributed by atoms with E-state index in [4.69, 9.17) is 5.11 Å². The Hall–Kier alpha value is -0.940. The van der Waals surface area contributed by atoms with E-state index in [1.54, 1.807) is 6.92 Å². The topological polar surface area (TPSA) is 49.3 Å². The van der Waals surface area contributed by atoms with Gasteiger partial charge in [-0.05, 0) is 25.1 Å². The van der Waals surface area contributed by atoms with Crippen LogP contribution >= 0.6 is 15.9 Å². The standard InChI is InChI=1S/C10H11BrFNO2/c1-6(5-14)13-10(15)7-2-8(11)4-9(12)3-7/h2-4,6,14H,5H2,1H3,(H,13,15)/t6-/m0/s1. The molecule has 1 amide bonds. The van der Waals surface area contributed by atoms with E-state index in [1.807, 2.05) is 0 Å². The Morgan fingerprint density at radius 2 is 2.27 bits per heavy atom. The number of benzene rings is 1. The maximum atomic E-state index is 12.9. The molecule has 0 radical (unpaired) electrons. The predicted octanol–water partition coefficient (Wildman–Crippen LogP) is 1.70. The monoisotopic (exact) mass is 275 g/mol. The van der Waals surface area contributed by atoms with Crippen molar-refractivity contribution in [2.45, 2.75) is 13.0 Å². The van der Waals surface area contributed by atoms with Gasteiger partial charge in [-0.3, -0.25) is 4.79 Å². The first-order valence-corrected chi connectivity index (χ1v) is 5.20. The highest BCUT2D eigenvalue weighted by Crippen LogP contribution is 2.14. The number of amides is 1. The molecule has 2 N–H and O–H groups in total. The number of halogens is 2. The van der Waals surface area contributed by atoms with Crippen molar-refractivity contribution in [3.8, 4) is 0 Å². The van der Waals surface area contributed by atoms with E-state index < -0.39 is 11.7 Å². The van der Waals surface area contributed by atoms with Crippen LogP contribution in [0, 0.1) is 5.82 Å². The number of aliphatic hydroxyl groups is 1. The molecule has 0 aliphatic heterocycles. The summed E-state index contributed by atoms with van der Waals surface area (Å²) in [4.78, 5) is 11.5. The molecule has 5 heteroatoms. The number of hydrogen-bond donors (Lipinski definition) is 2. The number of rotatable bonds is 3. The van der Waals surface area contributed by atoms with Crippen molar-refractivity contribution in [1.82, 2.24) is 5.32 Å². The summed E-state index contributed by atoms with van der Waals surface area (Å²) in [6.07, 6.45) is 0. The lowest BCUT2D eigenvalue weighted by atomic mass is 10.2. The van der Waals surface area contributed by atoms with Gasteiger partial charge in [0, 0.05) is 16.1 Å². The van der Waals surface area contributed by atoms with Crippen LogP contribution in [0.3, 0.4) is 0 Å². The third-order valence-electron chi connectivity index (χ3n) is 1.78. The molecule has 0 saturated heterocycles.